The molecule has 1 atom stereocenters. The van der Waals surface area contributed by atoms with Crippen LogP contribution in [0.2, 0.25) is 0 Å². The summed E-state index contributed by atoms with van der Waals surface area (Å²) in [6.45, 7) is 5.47. The van der Waals surface area contributed by atoms with Crippen LogP contribution in [0, 0.1) is 19.7 Å². The number of rotatable bonds is 3. The van der Waals surface area contributed by atoms with Crippen molar-refractivity contribution in [2.75, 3.05) is 20.1 Å². The number of nitrogens with one attached hydrogen (secondary N) is 1. The van der Waals surface area contributed by atoms with Gasteiger partial charge in [-0.05, 0) is 51.1 Å². The van der Waals surface area contributed by atoms with Gasteiger partial charge in [0.15, 0.2) is 0 Å². The zero-order chi connectivity index (χ0) is 16.6. The first kappa shape index (κ1) is 18.4. The maximum atomic E-state index is 13.1. The molecule has 0 aliphatic carbocycles. The Bertz CT molecular complexity index is 723. The number of aryl methyl sites for hydroxylation is 1. The monoisotopic (exact) mass is 352 g/mol. The first-order valence-electron chi connectivity index (χ1n) is 7.79. The van der Waals surface area contributed by atoms with Crippen molar-refractivity contribution < 1.29 is 9.18 Å². The van der Waals surface area contributed by atoms with E-state index in [4.69, 9.17) is 0 Å². The molecule has 0 spiro atoms. The molecule has 2 aromatic rings. The Morgan fingerprint density at radius 1 is 1.33 bits per heavy atom. The first-order valence-corrected chi connectivity index (χ1v) is 7.79. The molecule has 1 aromatic heterocycles. The van der Waals surface area contributed by atoms with Gasteiger partial charge in [-0.2, -0.15) is 5.10 Å². The molecule has 24 heavy (non-hydrogen) atoms. The highest BCUT2D eigenvalue weighted by Gasteiger charge is 2.28. The van der Waals surface area contributed by atoms with E-state index in [0.717, 1.165) is 30.9 Å². The summed E-state index contributed by atoms with van der Waals surface area (Å²) in [4.78, 5) is 14.7. The minimum Gasteiger partial charge on any atom is -0.337 e. The van der Waals surface area contributed by atoms with Crippen LogP contribution in [0.25, 0.3) is 5.69 Å². The molecule has 3 rings (SSSR count). The van der Waals surface area contributed by atoms with Gasteiger partial charge in [0.25, 0.3) is 5.91 Å². The molecule has 1 amide bonds. The maximum Gasteiger partial charge on any atom is 0.257 e. The van der Waals surface area contributed by atoms with E-state index in [-0.39, 0.29) is 30.2 Å². The van der Waals surface area contributed by atoms with Gasteiger partial charge < -0.3 is 10.2 Å². The van der Waals surface area contributed by atoms with Gasteiger partial charge in [0.2, 0.25) is 0 Å². The molecular weight excluding hydrogens is 331 g/mol. The third-order valence-corrected chi connectivity index (χ3v) is 4.48. The second-order valence-electron chi connectivity index (χ2n) is 6.00. The van der Waals surface area contributed by atoms with Crippen LogP contribution in [0.3, 0.4) is 0 Å². The van der Waals surface area contributed by atoms with Crippen molar-refractivity contribution in [1.29, 1.82) is 0 Å². The summed E-state index contributed by atoms with van der Waals surface area (Å²) in [6.07, 6.45) is 0.965. The highest BCUT2D eigenvalue weighted by atomic mass is 35.5. The predicted octanol–water partition coefficient (Wildman–Crippen LogP) is 2.48. The molecule has 1 unspecified atom stereocenters. The number of hydrogen-bond acceptors (Lipinski definition) is 3. The van der Waals surface area contributed by atoms with Crippen LogP contribution in [0.1, 0.15) is 28.2 Å². The number of likely N-dealkylation sites (N-methyl/N-ethyl adjacent to an activating group) is 1. The van der Waals surface area contributed by atoms with E-state index >= 15 is 0 Å². The van der Waals surface area contributed by atoms with Crippen molar-refractivity contribution in [3.63, 3.8) is 0 Å². The number of halogens is 2. The zero-order valence-electron chi connectivity index (χ0n) is 14.0. The molecule has 1 aromatic carbocycles. The fourth-order valence-corrected chi connectivity index (χ4v) is 3.10. The number of nitrogens with zero attached hydrogens (tertiary/aromatic N) is 3. The Morgan fingerprint density at radius 3 is 2.58 bits per heavy atom. The van der Waals surface area contributed by atoms with Crippen LogP contribution >= 0.6 is 12.4 Å². The molecule has 0 saturated carbocycles. The van der Waals surface area contributed by atoms with E-state index in [0.29, 0.717) is 11.3 Å². The molecule has 1 N–H and O–H groups in total. The van der Waals surface area contributed by atoms with Crippen LogP contribution in [0.15, 0.2) is 24.3 Å². The Balaban J connectivity index is 0.00000208. The summed E-state index contributed by atoms with van der Waals surface area (Å²) in [5, 5.41) is 7.75. The summed E-state index contributed by atoms with van der Waals surface area (Å²) in [5.74, 6) is -0.304. The lowest BCUT2D eigenvalue weighted by Gasteiger charge is -2.24. The number of carbonyl (C=O) groups is 1. The number of benzene rings is 1. The summed E-state index contributed by atoms with van der Waals surface area (Å²) in [7, 11) is 1.84. The smallest absolute Gasteiger partial charge is 0.257 e. The number of amides is 1. The normalized spacial score (nSPS) is 16.8. The SMILES string of the molecule is Cc1nn(-c2ccc(F)cc2)c(C)c1C(=O)N(C)C1CCNC1.Cl. The Kier molecular flexibility index (Phi) is 5.62. The van der Waals surface area contributed by atoms with Gasteiger partial charge in [-0.1, -0.05) is 0 Å². The molecule has 1 fully saturated rings. The summed E-state index contributed by atoms with van der Waals surface area (Å²) < 4.78 is 14.8. The second kappa shape index (κ2) is 7.32. The third-order valence-electron chi connectivity index (χ3n) is 4.48. The fraction of sp³-hybridized carbons (Fsp3) is 0.412. The Morgan fingerprint density at radius 2 is 2.00 bits per heavy atom. The lowest BCUT2D eigenvalue weighted by Crippen LogP contribution is -2.38. The summed E-state index contributed by atoms with van der Waals surface area (Å²) >= 11 is 0. The van der Waals surface area contributed by atoms with Crippen molar-refractivity contribution in [2.24, 2.45) is 0 Å². The van der Waals surface area contributed by atoms with E-state index in [2.05, 4.69) is 10.4 Å². The van der Waals surface area contributed by atoms with Crippen molar-refractivity contribution in [1.82, 2.24) is 20.0 Å². The van der Waals surface area contributed by atoms with E-state index < -0.39 is 0 Å². The molecule has 1 aliphatic rings. The standard InChI is InChI=1S/C17H21FN4O.ClH/c1-11-16(17(23)21(3)15-8-9-19-10-15)12(2)22(20-11)14-6-4-13(18)5-7-14;/h4-7,15,19H,8-10H2,1-3H3;1H. The summed E-state index contributed by atoms with van der Waals surface area (Å²) in [6, 6.07) is 6.32. The molecule has 7 heteroatoms. The van der Waals surface area contributed by atoms with Crippen molar-refractivity contribution in [3.05, 3.63) is 47.0 Å². The van der Waals surface area contributed by atoms with Crippen molar-refractivity contribution >= 4 is 18.3 Å². The topological polar surface area (TPSA) is 50.2 Å². The summed E-state index contributed by atoms with van der Waals surface area (Å²) in [5.41, 5.74) is 2.84. The van der Waals surface area contributed by atoms with Gasteiger partial charge in [0.1, 0.15) is 5.82 Å². The first-order chi connectivity index (χ1) is 11.0. The minimum absolute atomic E-state index is 0. The van der Waals surface area contributed by atoms with Crippen molar-refractivity contribution in [3.8, 4) is 5.69 Å². The molecule has 2 heterocycles. The highest BCUT2D eigenvalue weighted by Crippen LogP contribution is 2.21. The van der Waals surface area contributed by atoms with Gasteiger partial charge in [0.05, 0.1) is 22.6 Å². The number of aromatic nitrogens is 2. The van der Waals surface area contributed by atoms with Crippen LogP contribution < -0.4 is 5.32 Å². The van der Waals surface area contributed by atoms with E-state index in [9.17, 15) is 9.18 Å². The molecule has 5 nitrogen and oxygen atoms in total. The molecule has 0 bridgehead atoms. The van der Waals surface area contributed by atoms with Gasteiger partial charge in [0, 0.05) is 19.6 Å². The number of hydrogen-bond donors (Lipinski definition) is 1. The van der Waals surface area contributed by atoms with Crippen LogP contribution in [-0.4, -0.2) is 46.8 Å². The molecule has 1 aliphatic heterocycles. The lowest BCUT2D eigenvalue weighted by atomic mass is 10.1. The Hall–Kier alpha value is -1.92. The fourth-order valence-electron chi connectivity index (χ4n) is 3.10. The average molecular weight is 353 g/mol. The highest BCUT2D eigenvalue weighted by molar-refractivity contribution is 5.96. The molecule has 0 radical (unpaired) electrons. The van der Waals surface area contributed by atoms with Crippen molar-refractivity contribution in [2.45, 2.75) is 26.3 Å². The van der Waals surface area contributed by atoms with Gasteiger partial charge in [-0.3, -0.25) is 4.79 Å². The van der Waals surface area contributed by atoms with Gasteiger partial charge in [-0.25, -0.2) is 9.07 Å². The Labute approximate surface area is 147 Å². The molecule has 1 saturated heterocycles. The van der Waals surface area contributed by atoms with E-state index in [1.54, 1.807) is 21.7 Å². The lowest BCUT2D eigenvalue weighted by molar-refractivity contribution is 0.0742. The van der Waals surface area contributed by atoms with Crippen LogP contribution in [0.5, 0.6) is 0 Å². The second-order valence-corrected chi connectivity index (χ2v) is 6.00. The third kappa shape index (κ3) is 3.30. The quantitative estimate of drug-likeness (QED) is 0.923. The van der Waals surface area contributed by atoms with E-state index in [1.165, 1.54) is 12.1 Å². The van der Waals surface area contributed by atoms with Gasteiger partial charge in [-0.15, -0.1) is 12.4 Å². The van der Waals surface area contributed by atoms with Gasteiger partial charge >= 0.3 is 0 Å². The molecule has 130 valence electrons. The van der Waals surface area contributed by atoms with Crippen LogP contribution in [0.4, 0.5) is 4.39 Å². The predicted molar refractivity (Wildman–Crippen MR) is 93.6 cm³/mol. The number of carbonyl (C=O) groups excluding carboxylic acids is 1. The average Bonchev–Trinajstić information content (AvgIpc) is 3.15. The minimum atomic E-state index is -0.292. The molecular formula is C17H22ClFN4O. The largest absolute Gasteiger partial charge is 0.337 e. The maximum absolute atomic E-state index is 13.1. The zero-order valence-corrected chi connectivity index (χ0v) is 14.9. The van der Waals surface area contributed by atoms with Crippen LogP contribution in [-0.2, 0) is 0 Å². The van der Waals surface area contributed by atoms with E-state index in [1.807, 2.05) is 20.9 Å².